The Hall–Kier alpha value is -1.68. The van der Waals surface area contributed by atoms with Gasteiger partial charge in [-0.3, -0.25) is 4.79 Å². The number of benzene rings is 1. The third-order valence-electron chi connectivity index (χ3n) is 4.21. The first-order valence-electron chi connectivity index (χ1n) is 7.71. The Bertz CT molecular complexity index is 717. The molecule has 22 heavy (non-hydrogen) atoms. The zero-order chi connectivity index (χ0) is 15.7. The summed E-state index contributed by atoms with van der Waals surface area (Å²) in [7, 11) is 2.05. The van der Waals surface area contributed by atoms with E-state index in [9.17, 15) is 4.79 Å². The van der Waals surface area contributed by atoms with Crippen LogP contribution in [-0.2, 0) is 11.8 Å². The van der Waals surface area contributed by atoms with Crippen LogP contribution < -0.4 is 0 Å². The molecule has 0 saturated heterocycles. The molecule has 0 spiro atoms. The molecule has 1 aromatic heterocycles. The first-order chi connectivity index (χ1) is 10.6. The van der Waals surface area contributed by atoms with Gasteiger partial charge in [0, 0.05) is 35.6 Å². The number of hydrogen-bond acceptors (Lipinski definition) is 2. The highest BCUT2D eigenvalue weighted by Gasteiger charge is 2.26. The average molecular weight is 314 g/mol. The lowest BCUT2D eigenvalue weighted by atomic mass is 10.0. The van der Waals surface area contributed by atoms with E-state index in [0.717, 1.165) is 6.54 Å². The molecule has 2 heterocycles. The third kappa shape index (κ3) is 2.80. The Balaban J connectivity index is 1.70. The molecular weight excluding hydrogens is 292 g/mol. The molecule has 2 aromatic rings. The first-order valence-corrected chi connectivity index (χ1v) is 8.69. The number of para-hydroxylation sites is 1. The topological polar surface area (TPSA) is 25.2 Å². The molecule has 0 aliphatic carbocycles. The van der Waals surface area contributed by atoms with E-state index in [1.807, 2.05) is 24.1 Å². The number of aromatic nitrogens is 1. The number of fused-ring (bicyclic) bond motifs is 1. The summed E-state index contributed by atoms with van der Waals surface area (Å²) < 4.78 is 2.12. The smallest absolute Gasteiger partial charge is 0.233 e. The fourth-order valence-corrected chi connectivity index (χ4v) is 4.04. The third-order valence-corrected chi connectivity index (χ3v) is 5.24. The van der Waals surface area contributed by atoms with Crippen LogP contribution in [0.1, 0.15) is 13.8 Å². The number of carbonyl (C=O) groups is 1. The predicted octanol–water partition coefficient (Wildman–Crippen LogP) is 3.69. The van der Waals surface area contributed by atoms with Crippen molar-refractivity contribution in [1.29, 1.82) is 0 Å². The number of aryl methyl sites for hydroxylation is 1. The van der Waals surface area contributed by atoms with E-state index in [4.69, 9.17) is 0 Å². The summed E-state index contributed by atoms with van der Waals surface area (Å²) in [6.07, 6.45) is 6.38. The van der Waals surface area contributed by atoms with E-state index in [1.54, 1.807) is 11.8 Å². The summed E-state index contributed by atoms with van der Waals surface area (Å²) in [6.45, 7) is 5.08. The van der Waals surface area contributed by atoms with Gasteiger partial charge < -0.3 is 9.47 Å². The lowest BCUT2D eigenvalue weighted by Crippen LogP contribution is -2.40. The van der Waals surface area contributed by atoms with Gasteiger partial charge in [-0.05, 0) is 12.0 Å². The van der Waals surface area contributed by atoms with Crippen molar-refractivity contribution in [2.24, 2.45) is 13.0 Å². The summed E-state index contributed by atoms with van der Waals surface area (Å²) in [5.74, 6) is 1.19. The van der Waals surface area contributed by atoms with E-state index in [1.165, 1.54) is 15.8 Å². The second-order valence-corrected chi connectivity index (χ2v) is 7.14. The van der Waals surface area contributed by atoms with Crippen LogP contribution in [-0.4, -0.2) is 33.7 Å². The van der Waals surface area contributed by atoms with Gasteiger partial charge in [0.15, 0.2) is 0 Å². The molecule has 1 aliphatic rings. The van der Waals surface area contributed by atoms with Gasteiger partial charge in [-0.1, -0.05) is 44.2 Å². The SMILES string of the molecule is CC(C)[C@H]1C=CCN1C(=O)CSc1cn(C)c2ccccc12. The molecule has 0 bridgehead atoms. The standard InChI is InChI=1S/C18H22N2OS/c1-13(2)15-9-6-10-20(15)18(21)12-22-17-11-19(3)16-8-5-4-7-14(16)17/h4-9,11,13,15H,10,12H2,1-3H3/t15-/m1/s1. The monoisotopic (exact) mass is 314 g/mol. The summed E-state index contributed by atoms with van der Waals surface area (Å²) in [5, 5.41) is 1.22. The Morgan fingerprint density at radius 1 is 1.36 bits per heavy atom. The fraction of sp³-hybridized carbons (Fsp3) is 0.389. The minimum absolute atomic E-state index is 0.224. The molecule has 0 N–H and O–H groups in total. The van der Waals surface area contributed by atoms with Crippen molar-refractivity contribution in [3.05, 3.63) is 42.6 Å². The first kappa shape index (κ1) is 15.2. The average Bonchev–Trinajstić information content (AvgIpc) is 3.11. The van der Waals surface area contributed by atoms with Crippen molar-refractivity contribution in [3.63, 3.8) is 0 Å². The molecule has 116 valence electrons. The Kier molecular flexibility index (Phi) is 4.30. The Morgan fingerprint density at radius 2 is 2.14 bits per heavy atom. The number of amides is 1. The van der Waals surface area contributed by atoms with Crippen LogP contribution in [0.2, 0.25) is 0 Å². The summed E-state index contributed by atoms with van der Waals surface area (Å²) in [6, 6.07) is 8.58. The van der Waals surface area contributed by atoms with E-state index in [-0.39, 0.29) is 11.9 Å². The highest BCUT2D eigenvalue weighted by molar-refractivity contribution is 8.00. The van der Waals surface area contributed by atoms with Crippen molar-refractivity contribution >= 4 is 28.6 Å². The molecule has 0 radical (unpaired) electrons. The van der Waals surface area contributed by atoms with Crippen LogP contribution in [0.4, 0.5) is 0 Å². The number of nitrogens with zero attached hydrogens (tertiary/aromatic N) is 2. The van der Waals surface area contributed by atoms with Crippen LogP contribution in [0, 0.1) is 5.92 Å². The summed E-state index contributed by atoms with van der Waals surface area (Å²) in [4.78, 5) is 15.7. The van der Waals surface area contributed by atoms with Crippen molar-refractivity contribution in [1.82, 2.24) is 9.47 Å². The van der Waals surface area contributed by atoms with Crippen LogP contribution >= 0.6 is 11.8 Å². The van der Waals surface area contributed by atoms with Crippen LogP contribution in [0.25, 0.3) is 10.9 Å². The van der Waals surface area contributed by atoms with E-state index in [0.29, 0.717) is 11.7 Å². The minimum atomic E-state index is 0.224. The van der Waals surface area contributed by atoms with Gasteiger partial charge in [0.2, 0.25) is 5.91 Å². The van der Waals surface area contributed by atoms with E-state index >= 15 is 0 Å². The maximum absolute atomic E-state index is 12.5. The number of thioether (sulfide) groups is 1. The molecule has 0 fully saturated rings. The number of rotatable bonds is 4. The predicted molar refractivity (Wildman–Crippen MR) is 93.1 cm³/mol. The zero-order valence-electron chi connectivity index (χ0n) is 13.3. The highest BCUT2D eigenvalue weighted by atomic mass is 32.2. The lowest BCUT2D eigenvalue weighted by Gasteiger charge is -2.27. The molecule has 1 aromatic carbocycles. The van der Waals surface area contributed by atoms with Crippen LogP contribution in [0.3, 0.4) is 0 Å². The van der Waals surface area contributed by atoms with Crippen LogP contribution in [0.5, 0.6) is 0 Å². The largest absolute Gasteiger partial charge is 0.349 e. The molecule has 1 aliphatic heterocycles. The van der Waals surface area contributed by atoms with Gasteiger partial charge in [0.1, 0.15) is 0 Å². The summed E-state index contributed by atoms with van der Waals surface area (Å²) >= 11 is 1.64. The normalized spacial score (nSPS) is 17.8. The number of carbonyl (C=O) groups excluding carboxylic acids is 1. The van der Waals surface area contributed by atoms with Gasteiger partial charge in [0.25, 0.3) is 0 Å². The Morgan fingerprint density at radius 3 is 2.91 bits per heavy atom. The maximum atomic E-state index is 12.5. The fourth-order valence-electron chi connectivity index (χ4n) is 3.03. The van der Waals surface area contributed by atoms with Crippen LogP contribution in [0.15, 0.2) is 47.5 Å². The summed E-state index contributed by atoms with van der Waals surface area (Å²) in [5.41, 5.74) is 1.21. The molecular formula is C18H22N2OS. The van der Waals surface area contributed by atoms with Gasteiger partial charge in [-0.25, -0.2) is 0 Å². The van der Waals surface area contributed by atoms with E-state index in [2.05, 4.69) is 48.9 Å². The Labute approximate surface area is 136 Å². The second-order valence-electron chi connectivity index (χ2n) is 6.12. The molecule has 0 saturated carbocycles. The maximum Gasteiger partial charge on any atom is 0.233 e. The minimum Gasteiger partial charge on any atom is -0.349 e. The molecule has 1 amide bonds. The lowest BCUT2D eigenvalue weighted by molar-refractivity contribution is -0.129. The van der Waals surface area contributed by atoms with Gasteiger partial charge in [-0.15, -0.1) is 11.8 Å². The highest BCUT2D eigenvalue weighted by Crippen LogP contribution is 2.30. The van der Waals surface area contributed by atoms with Crippen molar-refractivity contribution in [3.8, 4) is 0 Å². The molecule has 3 nitrogen and oxygen atoms in total. The van der Waals surface area contributed by atoms with Crippen molar-refractivity contribution in [2.45, 2.75) is 24.8 Å². The number of hydrogen-bond donors (Lipinski definition) is 0. The van der Waals surface area contributed by atoms with Gasteiger partial charge in [-0.2, -0.15) is 0 Å². The second kappa shape index (κ2) is 6.21. The van der Waals surface area contributed by atoms with Gasteiger partial charge >= 0.3 is 0 Å². The molecule has 4 heteroatoms. The van der Waals surface area contributed by atoms with E-state index < -0.39 is 0 Å². The molecule has 0 unspecified atom stereocenters. The van der Waals surface area contributed by atoms with Crippen molar-refractivity contribution in [2.75, 3.05) is 12.3 Å². The zero-order valence-corrected chi connectivity index (χ0v) is 14.1. The molecule has 1 atom stereocenters. The quantitative estimate of drug-likeness (QED) is 0.635. The molecule has 3 rings (SSSR count). The van der Waals surface area contributed by atoms with Crippen molar-refractivity contribution < 1.29 is 4.79 Å². The van der Waals surface area contributed by atoms with Gasteiger partial charge in [0.05, 0.1) is 11.8 Å².